The van der Waals surface area contributed by atoms with Crippen molar-refractivity contribution in [3.05, 3.63) is 78.3 Å². The Morgan fingerprint density at radius 1 is 1.19 bits per heavy atom. The predicted molar refractivity (Wildman–Crippen MR) is 97.6 cm³/mol. The highest BCUT2D eigenvalue weighted by Gasteiger charge is 2.12. The van der Waals surface area contributed by atoms with Crippen molar-refractivity contribution >= 4 is 5.91 Å². The van der Waals surface area contributed by atoms with E-state index in [0.29, 0.717) is 23.8 Å². The summed E-state index contributed by atoms with van der Waals surface area (Å²) >= 11 is 0. The Balaban J connectivity index is 1.35. The fourth-order valence-corrected chi connectivity index (χ4v) is 2.73. The third-order valence-electron chi connectivity index (χ3n) is 4.18. The van der Waals surface area contributed by atoms with Crippen LogP contribution < -0.4 is 5.32 Å². The van der Waals surface area contributed by atoms with Crippen molar-refractivity contribution in [2.75, 3.05) is 0 Å². The second kappa shape index (κ2) is 7.28. The van der Waals surface area contributed by atoms with E-state index in [9.17, 15) is 4.79 Å². The maximum absolute atomic E-state index is 12.3. The minimum absolute atomic E-state index is 0.174. The Morgan fingerprint density at radius 3 is 2.74 bits per heavy atom. The van der Waals surface area contributed by atoms with Gasteiger partial charge in [0.2, 0.25) is 11.7 Å². The Kier molecular flexibility index (Phi) is 4.52. The quantitative estimate of drug-likeness (QED) is 0.568. The standard InChI is InChI=1S/C19H18N6O2/c1-24-9-2-3-16(24)18-22-17(27-23-18)11-21-19(26)15-6-4-14(5-7-15)12-25-10-8-20-13-25/h2-10,13H,11-12H2,1H3,(H,21,26). The van der Waals surface area contributed by atoms with E-state index in [1.54, 1.807) is 24.7 Å². The van der Waals surface area contributed by atoms with Crippen molar-refractivity contribution in [3.8, 4) is 11.5 Å². The van der Waals surface area contributed by atoms with Crippen LogP contribution in [0.2, 0.25) is 0 Å². The normalized spacial score (nSPS) is 10.9. The van der Waals surface area contributed by atoms with Gasteiger partial charge in [-0.2, -0.15) is 4.98 Å². The molecule has 3 aromatic heterocycles. The molecule has 1 aromatic carbocycles. The van der Waals surface area contributed by atoms with Gasteiger partial charge in [-0.1, -0.05) is 17.3 Å². The molecule has 0 radical (unpaired) electrons. The summed E-state index contributed by atoms with van der Waals surface area (Å²) in [5.74, 6) is 0.662. The highest BCUT2D eigenvalue weighted by atomic mass is 16.5. The summed E-state index contributed by atoms with van der Waals surface area (Å²) in [6.45, 7) is 0.888. The first kappa shape index (κ1) is 16.8. The molecule has 0 aliphatic carbocycles. The molecule has 0 unspecified atom stereocenters. The zero-order chi connectivity index (χ0) is 18.6. The number of imidazole rings is 1. The summed E-state index contributed by atoms with van der Waals surface area (Å²) in [5.41, 5.74) is 2.52. The smallest absolute Gasteiger partial charge is 0.251 e. The summed E-state index contributed by atoms with van der Waals surface area (Å²) in [5, 5.41) is 6.75. The largest absolute Gasteiger partial charge is 0.348 e. The average molecular weight is 362 g/mol. The molecular formula is C19H18N6O2. The summed E-state index contributed by atoms with van der Waals surface area (Å²) in [6.07, 6.45) is 7.30. The van der Waals surface area contributed by atoms with Gasteiger partial charge in [-0.05, 0) is 29.8 Å². The molecule has 3 heterocycles. The zero-order valence-electron chi connectivity index (χ0n) is 14.7. The number of amides is 1. The van der Waals surface area contributed by atoms with Gasteiger partial charge in [-0.25, -0.2) is 4.98 Å². The van der Waals surface area contributed by atoms with Crippen molar-refractivity contribution in [3.63, 3.8) is 0 Å². The van der Waals surface area contributed by atoms with Gasteiger partial charge in [-0.3, -0.25) is 4.79 Å². The molecule has 0 saturated carbocycles. The minimum atomic E-state index is -0.192. The lowest BCUT2D eigenvalue weighted by molar-refractivity contribution is 0.0946. The molecule has 8 heteroatoms. The van der Waals surface area contributed by atoms with Gasteiger partial charge < -0.3 is 19.0 Å². The van der Waals surface area contributed by atoms with Crippen molar-refractivity contribution in [1.29, 1.82) is 0 Å². The number of hydrogen-bond acceptors (Lipinski definition) is 5. The second-order valence-corrected chi connectivity index (χ2v) is 6.13. The molecule has 0 saturated heterocycles. The van der Waals surface area contributed by atoms with Crippen LogP contribution in [0.15, 0.2) is 65.8 Å². The predicted octanol–water partition coefficient (Wildman–Crippen LogP) is 2.25. The zero-order valence-corrected chi connectivity index (χ0v) is 14.7. The number of nitrogens with zero attached hydrogens (tertiary/aromatic N) is 5. The SMILES string of the molecule is Cn1cccc1-c1noc(CNC(=O)c2ccc(Cn3ccnc3)cc2)n1. The lowest BCUT2D eigenvalue weighted by Gasteiger charge is -2.05. The van der Waals surface area contributed by atoms with Gasteiger partial charge in [0.15, 0.2) is 0 Å². The van der Waals surface area contributed by atoms with E-state index in [-0.39, 0.29) is 12.5 Å². The molecule has 0 atom stereocenters. The number of nitrogens with one attached hydrogen (secondary N) is 1. The van der Waals surface area contributed by atoms with E-state index in [4.69, 9.17) is 4.52 Å². The van der Waals surface area contributed by atoms with Gasteiger partial charge in [0.1, 0.15) is 0 Å². The number of aromatic nitrogens is 5. The van der Waals surface area contributed by atoms with E-state index in [1.807, 2.05) is 52.8 Å². The molecule has 0 bridgehead atoms. The van der Waals surface area contributed by atoms with Crippen LogP contribution in [0.5, 0.6) is 0 Å². The maximum atomic E-state index is 12.3. The van der Waals surface area contributed by atoms with Gasteiger partial charge in [-0.15, -0.1) is 0 Å². The molecule has 136 valence electrons. The maximum Gasteiger partial charge on any atom is 0.251 e. The van der Waals surface area contributed by atoms with Crippen molar-refractivity contribution in [2.24, 2.45) is 7.05 Å². The van der Waals surface area contributed by atoms with Gasteiger partial charge in [0.25, 0.3) is 5.91 Å². The number of rotatable bonds is 6. The van der Waals surface area contributed by atoms with E-state index >= 15 is 0 Å². The number of hydrogen-bond donors (Lipinski definition) is 1. The minimum Gasteiger partial charge on any atom is -0.348 e. The average Bonchev–Trinajstić information content (AvgIpc) is 3.42. The fraction of sp³-hybridized carbons (Fsp3) is 0.158. The number of benzene rings is 1. The molecule has 4 aromatic rings. The Morgan fingerprint density at radius 2 is 2.04 bits per heavy atom. The molecule has 8 nitrogen and oxygen atoms in total. The second-order valence-electron chi connectivity index (χ2n) is 6.13. The summed E-state index contributed by atoms with van der Waals surface area (Å²) in [7, 11) is 1.91. The van der Waals surface area contributed by atoms with E-state index in [0.717, 1.165) is 11.3 Å². The van der Waals surface area contributed by atoms with E-state index < -0.39 is 0 Å². The molecular weight excluding hydrogens is 344 g/mol. The van der Waals surface area contributed by atoms with Crippen LogP contribution in [0.25, 0.3) is 11.5 Å². The molecule has 0 fully saturated rings. The van der Waals surface area contributed by atoms with Crippen molar-refractivity contribution in [1.82, 2.24) is 29.6 Å². The summed E-state index contributed by atoms with van der Waals surface area (Å²) < 4.78 is 9.08. The fourth-order valence-electron chi connectivity index (χ4n) is 2.73. The highest BCUT2D eigenvalue weighted by Crippen LogP contribution is 2.15. The molecule has 0 spiro atoms. The molecule has 1 amide bonds. The monoisotopic (exact) mass is 362 g/mol. The third kappa shape index (κ3) is 3.79. The summed E-state index contributed by atoms with van der Waals surface area (Å²) in [4.78, 5) is 20.6. The molecule has 1 N–H and O–H groups in total. The van der Waals surface area contributed by atoms with Crippen LogP contribution in [0.4, 0.5) is 0 Å². The lowest BCUT2D eigenvalue weighted by atomic mass is 10.1. The first-order chi connectivity index (χ1) is 13.2. The van der Waals surface area contributed by atoms with E-state index in [2.05, 4.69) is 20.4 Å². The molecule has 0 aliphatic heterocycles. The third-order valence-corrected chi connectivity index (χ3v) is 4.18. The molecule has 27 heavy (non-hydrogen) atoms. The Bertz CT molecular complexity index is 1030. The molecule has 0 aliphatic rings. The number of carbonyl (C=O) groups is 1. The lowest BCUT2D eigenvalue weighted by Crippen LogP contribution is -2.22. The molecule has 4 rings (SSSR count). The number of carbonyl (C=O) groups excluding carboxylic acids is 1. The van der Waals surface area contributed by atoms with Crippen LogP contribution in [-0.4, -0.2) is 30.2 Å². The summed E-state index contributed by atoms with van der Waals surface area (Å²) in [6, 6.07) is 11.3. The Hall–Kier alpha value is -3.68. The van der Waals surface area contributed by atoms with Gasteiger partial charge >= 0.3 is 0 Å². The van der Waals surface area contributed by atoms with Crippen LogP contribution in [0.3, 0.4) is 0 Å². The van der Waals surface area contributed by atoms with Crippen molar-refractivity contribution < 1.29 is 9.32 Å². The van der Waals surface area contributed by atoms with Crippen LogP contribution in [0, 0.1) is 0 Å². The number of aryl methyl sites for hydroxylation is 1. The first-order valence-electron chi connectivity index (χ1n) is 8.46. The van der Waals surface area contributed by atoms with Crippen LogP contribution >= 0.6 is 0 Å². The topological polar surface area (TPSA) is 90.8 Å². The van der Waals surface area contributed by atoms with Gasteiger partial charge in [0, 0.05) is 37.7 Å². The first-order valence-corrected chi connectivity index (χ1v) is 8.46. The van der Waals surface area contributed by atoms with Crippen LogP contribution in [-0.2, 0) is 20.1 Å². The highest BCUT2D eigenvalue weighted by molar-refractivity contribution is 5.94. The Labute approximate surface area is 155 Å². The van der Waals surface area contributed by atoms with E-state index in [1.165, 1.54) is 0 Å². The van der Waals surface area contributed by atoms with Gasteiger partial charge in [0.05, 0.1) is 18.6 Å². The van der Waals surface area contributed by atoms with Crippen LogP contribution in [0.1, 0.15) is 21.8 Å². The van der Waals surface area contributed by atoms with Crippen molar-refractivity contribution in [2.45, 2.75) is 13.1 Å².